The Labute approximate surface area is 141 Å². The molecule has 10 heteroatoms. The lowest BCUT2D eigenvalue weighted by Gasteiger charge is -2.13. The van der Waals surface area contributed by atoms with E-state index in [-0.39, 0.29) is 11.5 Å². The second kappa shape index (κ2) is 6.99. The minimum atomic E-state index is -1.00. The van der Waals surface area contributed by atoms with Crippen LogP contribution in [0.15, 0.2) is 22.9 Å². The molecule has 0 saturated carbocycles. The summed E-state index contributed by atoms with van der Waals surface area (Å²) >= 11 is 0. The van der Waals surface area contributed by atoms with Gasteiger partial charge in [-0.2, -0.15) is 0 Å². The predicted molar refractivity (Wildman–Crippen MR) is 81.8 cm³/mol. The number of hydrogen-bond donors (Lipinski definition) is 1. The summed E-state index contributed by atoms with van der Waals surface area (Å²) in [5, 5.41) is 24.8. The van der Waals surface area contributed by atoms with E-state index in [2.05, 4.69) is 5.16 Å². The van der Waals surface area contributed by atoms with Crippen LogP contribution in [0, 0.1) is 10.1 Å². The Hall–Kier alpha value is -3.43. The molecule has 0 saturated heterocycles. The lowest BCUT2D eigenvalue weighted by molar-refractivity contribution is -0.386. The molecule has 1 aromatic heterocycles. The molecule has 1 heterocycles. The van der Waals surface area contributed by atoms with Crippen molar-refractivity contribution in [1.29, 1.82) is 0 Å². The summed E-state index contributed by atoms with van der Waals surface area (Å²) in [5.74, 6) is -3.57. The molecule has 0 aliphatic rings. The predicted octanol–water partition coefficient (Wildman–Crippen LogP) is 2.09. The van der Waals surface area contributed by atoms with Gasteiger partial charge < -0.3 is 19.1 Å². The maximum absolute atomic E-state index is 12.6. The summed E-state index contributed by atoms with van der Waals surface area (Å²) in [6.45, 7) is 3.14. The zero-order chi connectivity index (χ0) is 18.7. The van der Waals surface area contributed by atoms with Gasteiger partial charge >= 0.3 is 11.7 Å². The number of esters is 1. The van der Waals surface area contributed by atoms with E-state index in [0.29, 0.717) is 0 Å². The van der Waals surface area contributed by atoms with Crippen LogP contribution in [0.5, 0.6) is 11.5 Å². The van der Waals surface area contributed by atoms with Gasteiger partial charge in [0.1, 0.15) is 5.56 Å². The minimum Gasteiger partial charge on any atom is -0.499 e. The number of carbonyl (C=O) groups excluding carboxylic acids is 2. The van der Waals surface area contributed by atoms with E-state index in [1.165, 1.54) is 6.07 Å². The van der Waals surface area contributed by atoms with E-state index in [1.807, 2.05) is 0 Å². The average molecular weight is 350 g/mol. The number of nitrogens with zero attached hydrogens (tertiary/aromatic N) is 2. The van der Waals surface area contributed by atoms with Crippen LogP contribution < -0.4 is 4.74 Å². The summed E-state index contributed by atoms with van der Waals surface area (Å²) in [6.07, 6.45) is 0.619. The average Bonchev–Trinajstić information content (AvgIpc) is 3.06. The van der Waals surface area contributed by atoms with Gasteiger partial charge in [-0.15, -0.1) is 0 Å². The molecule has 0 aliphatic heterocycles. The van der Waals surface area contributed by atoms with Crippen LogP contribution >= 0.6 is 0 Å². The van der Waals surface area contributed by atoms with Gasteiger partial charge in [-0.3, -0.25) is 14.9 Å². The largest absolute Gasteiger partial charge is 0.499 e. The standard InChI is InChI=1S/C15H14N2O8/c1-7(2)24-15(20)8-6-10(23-3)14(19)12(17(21)22)11(8)13(18)9-4-5-16-25-9/h4-7,19H,1-3H3. The highest BCUT2D eigenvalue weighted by atomic mass is 16.6. The zero-order valence-electron chi connectivity index (χ0n) is 13.5. The number of ketones is 1. The van der Waals surface area contributed by atoms with Crippen LogP contribution in [0.25, 0.3) is 0 Å². The number of aromatic hydroxyl groups is 1. The number of rotatable bonds is 6. The van der Waals surface area contributed by atoms with Crippen molar-refractivity contribution in [3.63, 3.8) is 0 Å². The van der Waals surface area contributed by atoms with Crippen molar-refractivity contribution in [1.82, 2.24) is 5.16 Å². The third-order valence-corrected chi connectivity index (χ3v) is 3.09. The van der Waals surface area contributed by atoms with Crippen molar-refractivity contribution in [2.45, 2.75) is 20.0 Å². The number of nitro benzene ring substituents is 1. The summed E-state index contributed by atoms with van der Waals surface area (Å²) in [7, 11) is 1.15. The molecule has 25 heavy (non-hydrogen) atoms. The fraction of sp³-hybridized carbons (Fsp3) is 0.267. The summed E-state index contributed by atoms with van der Waals surface area (Å²) < 4.78 is 14.6. The summed E-state index contributed by atoms with van der Waals surface area (Å²) in [5.41, 5.74) is -2.10. The van der Waals surface area contributed by atoms with Gasteiger partial charge in [0.2, 0.25) is 17.3 Å². The first-order valence-corrected chi connectivity index (χ1v) is 7.02. The van der Waals surface area contributed by atoms with E-state index in [9.17, 15) is 24.8 Å². The third kappa shape index (κ3) is 3.42. The molecule has 10 nitrogen and oxygen atoms in total. The van der Waals surface area contributed by atoms with E-state index in [1.54, 1.807) is 13.8 Å². The van der Waals surface area contributed by atoms with Crippen molar-refractivity contribution in [2.75, 3.05) is 7.11 Å². The van der Waals surface area contributed by atoms with Gasteiger partial charge in [0.15, 0.2) is 5.75 Å². The molecule has 2 aromatic rings. The van der Waals surface area contributed by atoms with Crippen LogP contribution in [0.4, 0.5) is 5.69 Å². The number of aromatic nitrogens is 1. The minimum absolute atomic E-state index is 0.341. The van der Waals surface area contributed by atoms with Crippen LogP contribution in [0.1, 0.15) is 40.3 Å². The van der Waals surface area contributed by atoms with Crippen molar-refractivity contribution in [2.24, 2.45) is 0 Å². The van der Waals surface area contributed by atoms with Gasteiger partial charge in [-0.25, -0.2) is 4.79 Å². The summed E-state index contributed by atoms with van der Waals surface area (Å²) in [6, 6.07) is 2.17. The fourth-order valence-electron chi connectivity index (χ4n) is 2.09. The van der Waals surface area contributed by atoms with E-state index in [4.69, 9.17) is 14.0 Å². The molecule has 0 atom stereocenters. The maximum Gasteiger partial charge on any atom is 0.339 e. The second-order valence-corrected chi connectivity index (χ2v) is 5.12. The highest BCUT2D eigenvalue weighted by Crippen LogP contribution is 2.42. The number of benzene rings is 1. The van der Waals surface area contributed by atoms with Crippen LogP contribution in [-0.2, 0) is 4.74 Å². The van der Waals surface area contributed by atoms with Crippen LogP contribution in [0.3, 0.4) is 0 Å². The molecular weight excluding hydrogens is 336 g/mol. The molecule has 1 N–H and O–H groups in total. The molecular formula is C15H14N2O8. The Bertz CT molecular complexity index is 827. The SMILES string of the molecule is COc1cc(C(=O)OC(C)C)c(C(=O)c2ccno2)c([N+](=O)[O-])c1O. The quantitative estimate of drug-likeness (QED) is 0.358. The number of methoxy groups -OCH3 is 1. The molecule has 1 aromatic carbocycles. The number of carbonyl (C=O) groups is 2. The Morgan fingerprint density at radius 1 is 1.40 bits per heavy atom. The van der Waals surface area contributed by atoms with Crippen LogP contribution in [-0.4, -0.2) is 40.2 Å². The molecule has 0 bridgehead atoms. The van der Waals surface area contributed by atoms with Crippen molar-refractivity contribution >= 4 is 17.4 Å². The zero-order valence-corrected chi connectivity index (χ0v) is 13.5. The number of hydrogen-bond acceptors (Lipinski definition) is 9. The topological polar surface area (TPSA) is 142 Å². The van der Waals surface area contributed by atoms with Gasteiger partial charge in [-0.1, -0.05) is 5.16 Å². The number of ether oxygens (including phenoxy) is 2. The highest BCUT2D eigenvalue weighted by Gasteiger charge is 2.36. The van der Waals surface area contributed by atoms with Crippen molar-refractivity contribution in [3.8, 4) is 11.5 Å². The Balaban J connectivity index is 2.79. The number of phenols is 1. The second-order valence-electron chi connectivity index (χ2n) is 5.12. The molecule has 0 amide bonds. The van der Waals surface area contributed by atoms with E-state index < -0.39 is 45.3 Å². The van der Waals surface area contributed by atoms with E-state index in [0.717, 1.165) is 19.4 Å². The fourth-order valence-corrected chi connectivity index (χ4v) is 2.09. The molecule has 0 aliphatic carbocycles. The molecule has 132 valence electrons. The highest BCUT2D eigenvalue weighted by molar-refractivity contribution is 6.16. The van der Waals surface area contributed by atoms with Gasteiger partial charge in [0, 0.05) is 6.07 Å². The number of phenolic OH excluding ortho intramolecular Hbond substituents is 1. The monoisotopic (exact) mass is 350 g/mol. The van der Waals surface area contributed by atoms with Crippen molar-refractivity contribution in [3.05, 3.63) is 45.3 Å². The maximum atomic E-state index is 12.6. The van der Waals surface area contributed by atoms with E-state index >= 15 is 0 Å². The van der Waals surface area contributed by atoms with Gasteiger partial charge in [0.05, 0.1) is 29.9 Å². The lowest BCUT2D eigenvalue weighted by atomic mass is 9.98. The van der Waals surface area contributed by atoms with Gasteiger partial charge in [-0.05, 0) is 19.9 Å². The van der Waals surface area contributed by atoms with Crippen LogP contribution in [0.2, 0.25) is 0 Å². The summed E-state index contributed by atoms with van der Waals surface area (Å²) in [4.78, 5) is 35.4. The van der Waals surface area contributed by atoms with Gasteiger partial charge in [0.25, 0.3) is 0 Å². The Kier molecular flexibility index (Phi) is 5.01. The normalized spacial score (nSPS) is 10.6. The third-order valence-electron chi connectivity index (χ3n) is 3.09. The lowest BCUT2D eigenvalue weighted by Crippen LogP contribution is -2.18. The smallest absolute Gasteiger partial charge is 0.339 e. The molecule has 0 spiro atoms. The first-order chi connectivity index (χ1) is 11.8. The first kappa shape index (κ1) is 17.9. The Morgan fingerprint density at radius 2 is 2.08 bits per heavy atom. The number of nitro groups is 1. The molecule has 0 unspecified atom stereocenters. The molecule has 0 radical (unpaired) electrons. The van der Waals surface area contributed by atoms with Crippen molar-refractivity contribution < 1.29 is 33.6 Å². The molecule has 0 fully saturated rings. The molecule has 2 rings (SSSR count). The Morgan fingerprint density at radius 3 is 2.56 bits per heavy atom. The first-order valence-electron chi connectivity index (χ1n) is 7.02.